The van der Waals surface area contributed by atoms with Crippen molar-refractivity contribution in [1.82, 2.24) is 4.57 Å². The Balaban J connectivity index is 1.94. The van der Waals surface area contributed by atoms with Crippen LogP contribution in [0.3, 0.4) is 0 Å². The molecule has 0 saturated carbocycles. The van der Waals surface area contributed by atoms with E-state index in [1.165, 1.54) is 96.6 Å². The van der Waals surface area contributed by atoms with Gasteiger partial charge >= 0.3 is 8.72 Å². The monoisotopic (exact) mass is 357 g/mol. The van der Waals surface area contributed by atoms with Crippen LogP contribution in [-0.2, 0) is 8.85 Å². The lowest BCUT2D eigenvalue weighted by Crippen LogP contribution is -2.54. The second-order valence-corrected chi connectivity index (χ2v) is 10.6. The van der Waals surface area contributed by atoms with Gasteiger partial charge in [0.1, 0.15) is 0 Å². The molecule has 1 aliphatic rings. The molecule has 0 aliphatic carbocycles. The Kier molecular flexibility index (Phi) is 13.2. The normalized spacial score (nSPS) is 21.6. The zero-order valence-corrected chi connectivity index (χ0v) is 17.8. The van der Waals surface area contributed by atoms with E-state index in [1.54, 1.807) is 0 Å². The lowest BCUT2D eigenvalue weighted by Gasteiger charge is -2.33. The van der Waals surface area contributed by atoms with Crippen molar-refractivity contribution in [3.63, 3.8) is 0 Å². The third-order valence-corrected chi connectivity index (χ3v) is 9.15. The highest BCUT2D eigenvalue weighted by Crippen LogP contribution is 2.28. The van der Waals surface area contributed by atoms with Crippen LogP contribution in [0.25, 0.3) is 0 Å². The highest BCUT2D eigenvalue weighted by atomic mass is 28.4. The molecule has 0 amide bonds. The van der Waals surface area contributed by atoms with E-state index in [1.807, 2.05) is 7.11 Å². The quantitative estimate of drug-likeness (QED) is 0.249. The first-order valence-electron chi connectivity index (χ1n) is 10.7. The number of nitrogens with zero attached hydrogens (tertiary/aromatic N) is 1. The van der Waals surface area contributed by atoms with Gasteiger partial charge in [0.2, 0.25) is 0 Å². The number of hydrogen-bond acceptors (Lipinski definition) is 3. The van der Waals surface area contributed by atoms with Crippen molar-refractivity contribution in [3.8, 4) is 0 Å². The van der Waals surface area contributed by atoms with Crippen LogP contribution >= 0.6 is 0 Å². The average Bonchev–Trinajstić information content (AvgIpc) is 2.99. The van der Waals surface area contributed by atoms with Crippen molar-refractivity contribution >= 4 is 8.72 Å². The average molecular weight is 358 g/mol. The first-order valence-corrected chi connectivity index (χ1v) is 12.7. The molecule has 0 aromatic rings. The molecule has 3 nitrogen and oxygen atoms in total. The largest absolute Gasteiger partial charge is 0.427 e. The molecule has 0 bridgehead atoms. The van der Waals surface area contributed by atoms with Crippen LogP contribution in [0.4, 0.5) is 0 Å². The fourth-order valence-corrected chi connectivity index (χ4v) is 7.20. The van der Waals surface area contributed by atoms with Crippen LogP contribution in [0.15, 0.2) is 0 Å². The Bertz CT molecular complexity index is 291. The summed E-state index contributed by atoms with van der Waals surface area (Å²) in [5.74, 6) is 0. The Hall–Kier alpha value is 0.0969. The molecule has 144 valence electrons. The Labute approximate surface area is 152 Å². The van der Waals surface area contributed by atoms with E-state index in [-0.39, 0.29) is 0 Å². The zero-order chi connectivity index (χ0) is 17.5. The third-order valence-electron chi connectivity index (χ3n) is 5.37. The van der Waals surface area contributed by atoms with Crippen molar-refractivity contribution in [3.05, 3.63) is 0 Å². The van der Waals surface area contributed by atoms with E-state index in [0.29, 0.717) is 0 Å². The molecular formula is C20H43NO2Si. The molecule has 1 rings (SSSR count). The summed E-state index contributed by atoms with van der Waals surface area (Å²) in [6.07, 6.45) is 18.2. The highest BCUT2D eigenvalue weighted by molar-refractivity contribution is 6.65. The molecule has 1 saturated heterocycles. The lowest BCUT2D eigenvalue weighted by molar-refractivity contribution is 0.156. The second kappa shape index (κ2) is 14.3. The molecule has 0 aromatic heterocycles. The van der Waals surface area contributed by atoms with Crippen molar-refractivity contribution in [2.24, 2.45) is 0 Å². The lowest BCUT2D eigenvalue weighted by atomic mass is 10.1. The van der Waals surface area contributed by atoms with Crippen molar-refractivity contribution < 1.29 is 8.85 Å². The SMILES string of the molecule is CCCCCCCCCCCCCCN1CCC[Si]1(OC)OCC. The van der Waals surface area contributed by atoms with Crippen LogP contribution in [0.1, 0.15) is 97.3 Å². The van der Waals surface area contributed by atoms with E-state index >= 15 is 0 Å². The maximum absolute atomic E-state index is 6.05. The van der Waals surface area contributed by atoms with Gasteiger partial charge in [-0.05, 0) is 32.9 Å². The van der Waals surface area contributed by atoms with Crippen molar-refractivity contribution in [2.45, 2.75) is 103 Å². The Morgan fingerprint density at radius 2 is 1.33 bits per heavy atom. The van der Waals surface area contributed by atoms with Gasteiger partial charge in [-0.25, -0.2) is 0 Å². The highest BCUT2D eigenvalue weighted by Gasteiger charge is 2.47. The molecular weight excluding hydrogens is 314 g/mol. The standard InChI is InChI=1S/C20H43NO2Si/c1-4-6-7-8-9-10-11-12-13-14-15-16-18-21-19-17-20-24(21,22-3)23-5-2/h4-20H2,1-3H3. The van der Waals surface area contributed by atoms with Crippen molar-refractivity contribution in [1.29, 1.82) is 0 Å². The summed E-state index contributed by atoms with van der Waals surface area (Å²) >= 11 is 0. The zero-order valence-electron chi connectivity index (χ0n) is 16.8. The summed E-state index contributed by atoms with van der Waals surface area (Å²) in [5.41, 5.74) is 0. The van der Waals surface area contributed by atoms with Crippen LogP contribution in [-0.4, -0.2) is 40.1 Å². The summed E-state index contributed by atoms with van der Waals surface area (Å²) in [6.45, 7) is 7.52. The molecule has 0 N–H and O–H groups in total. The fourth-order valence-electron chi connectivity index (χ4n) is 3.93. The molecule has 1 aliphatic heterocycles. The van der Waals surface area contributed by atoms with E-state index < -0.39 is 8.72 Å². The summed E-state index contributed by atoms with van der Waals surface area (Å²) in [7, 11) is -0.153. The third kappa shape index (κ3) is 8.46. The van der Waals surface area contributed by atoms with Crippen LogP contribution in [0, 0.1) is 0 Å². The Morgan fingerprint density at radius 1 is 0.792 bits per heavy atom. The van der Waals surface area contributed by atoms with E-state index in [0.717, 1.165) is 12.7 Å². The Morgan fingerprint density at radius 3 is 1.83 bits per heavy atom. The minimum absolute atomic E-state index is 0.787. The van der Waals surface area contributed by atoms with Crippen LogP contribution in [0.2, 0.25) is 6.04 Å². The summed E-state index contributed by atoms with van der Waals surface area (Å²) < 4.78 is 14.5. The van der Waals surface area contributed by atoms with Gasteiger partial charge in [-0.1, -0.05) is 77.6 Å². The smallest absolute Gasteiger partial charge is 0.386 e. The molecule has 0 radical (unpaired) electrons. The minimum atomic E-state index is -2.00. The maximum atomic E-state index is 6.05. The number of rotatable bonds is 16. The molecule has 0 aromatic carbocycles. The molecule has 24 heavy (non-hydrogen) atoms. The molecule has 1 heterocycles. The molecule has 1 atom stereocenters. The molecule has 1 unspecified atom stereocenters. The van der Waals surface area contributed by atoms with E-state index in [4.69, 9.17) is 8.85 Å². The number of unbranched alkanes of at least 4 members (excludes halogenated alkanes) is 11. The van der Waals surface area contributed by atoms with E-state index in [2.05, 4.69) is 18.4 Å². The van der Waals surface area contributed by atoms with Gasteiger partial charge in [0.25, 0.3) is 0 Å². The minimum Gasteiger partial charge on any atom is -0.386 e. The molecule has 1 fully saturated rings. The van der Waals surface area contributed by atoms with Gasteiger partial charge in [0.15, 0.2) is 0 Å². The van der Waals surface area contributed by atoms with Crippen molar-refractivity contribution in [2.75, 3.05) is 26.8 Å². The van der Waals surface area contributed by atoms with Gasteiger partial charge < -0.3 is 8.85 Å². The fraction of sp³-hybridized carbons (Fsp3) is 1.00. The first kappa shape index (κ1) is 22.1. The predicted molar refractivity (Wildman–Crippen MR) is 106 cm³/mol. The van der Waals surface area contributed by atoms with Gasteiger partial charge in [0.05, 0.1) is 0 Å². The van der Waals surface area contributed by atoms with Gasteiger partial charge in [0, 0.05) is 19.8 Å². The van der Waals surface area contributed by atoms with Crippen LogP contribution < -0.4 is 0 Å². The topological polar surface area (TPSA) is 21.7 Å². The number of hydrogen-bond donors (Lipinski definition) is 0. The van der Waals surface area contributed by atoms with Crippen LogP contribution in [0.5, 0.6) is 0 Å². The molecule has 4 heteroatoms. The molecule has 0 spiro atoms. The predicted octanol–water partition coefficient (Wildman–Crippen LogP) is 6.02. The van der Waals surface area contributed by atoms with Gasteiger partial charge in [-0.2, -0.15) is 0 Å². The van der Waals surface area contributed by atoms with Gasteiger partial charge in [-0.3, -0.25) is 4.57 Å². The second-order valence-electron chi connectivity index (χ2n) is 7.33. The summed E-state index contributed by atoms with van der Waals surface area (Å²) in [6, 6.07) is 1.15. The maximum Gasteiger partial charge on any atom is 0.427 e. The summed E-state index contributed by atoms with van der Waals surface area (Å²) in [5, 5.41) is 0. The first-order chi connectivity index (χ1) is 11.8. The van der Waals surface area contributed by atoms with Gasteiger partial charge in [-0.15, -0.1) is 0 Å². The van der Waals surface area contributed by atoms with E-state index in [9.17, 15) is 0 Å². The summed E-state index contributed by atoms with van der Waals surface area (Å²) in [4.78, 5) is 0.